The Labute approximate surface area is 228 Å². The number of nitrogens with one attached hydrogen (secondary N) is 3. The zero-order valence-electron chi connectivity index (χ0n) is 23.6. The van der Waals surface area contributed by atoms with Crippen LogP contribution in [0.5, 0.6) is 5.75 Å². The maximum atomic E-state index is 14.0. The molecule has 1 aromatic carbocycles. The maximum Gasteiger partial charge on any atom is 0.319 e. The summed E-state index contributed by atoms with van der Waals surface area (Å²) in [5.74, 6) is 0.287. The number of ether oxygens (including phenoxy) is 2. The molecular weight excluding hydrogens is 484 g/mol. The number of fused-ring (bicyclic) bond motifs is 1. The number of carbonyl (C=O) groups is 2. The number of benzene rings is 1. The molecule has 0 spiro atoms. The van der Waals surface area contributed by atoms with Gasteiger partial charge in [0.05, 0.1) is 30.4 Å². The third kappa shape index (κ3) is 8.85. The quantitative estimate of drug-likeness (QED) is 0.438. The molecule has 3 rings (SSSR count). The number of urea groups is 1. The summed E-state index contributed by atoms with van der Waals surface area (Å²) in [5, 5.41) is 19.2. The molecule has 1 aliphatic heterocycles. The van der Waals surface area contributed by atoms with Crippen LogP contribution in [-0.2, 0) is 4.74 Å². The number of hydrogen-bond donors (Lipinski definition) is 4. The zero-order valence-corrected chi connectivity index (χ0v) is 23.6. The molecule has 214 valence electrons. The molecule has 0 radical (unpaired) electrons. The van der Waals surface area contributed by atoms with E-state index in [1.807, 2.05) is 20.9 Å². The van der Waals surface area contributed by atoms with E-state index < -0.39 is 6.04 Å². The molecule has 0 saturated heterocycles. The Hall–Kier alpha value is -2.36. The highest BCUT2D eigenvalue weighted by molar-refractivity contribution is 5.99. The van der Waals surface area contributed by atoms with Crippen molar-refractivity contribution in [2.24, 2.45) is 5.92 Å². The predicted octanol–water partition coefficient (Wildman–Crippen LogP) is 4.16. The summed E-state index contributed by atoms with van der Waals surface area (Å²) in [7, 11) is 1.90. The van der Waals surface area contributed by atoms with E-state index in [2.05, 4.69) is 22.9 Å². The second-order valence-electron chi connectivity index (χ2n) is 11.0. The van der Waals surface area contributed by atoms with E-state index in [-0.39, 0.29) is 42.7 Å². The monoisotopic (exact) mass is 532 g/mol. The van der Waals surface area contributed by atoms with E-state index in [1.165, 1.54) is 6.42 Å². The van der Waals surface area contributed by atoms with Crippen LogP contribution in [0.25, 0.3) is 0 Å². The summed E-state index contributed by atoms with van der Waals surface area (Å²) in [6.07, 6.45) is 8.04. The number of hydrogen-bond acceptors (Lipinski definition) is 6. The standard InChI is InChI=1S/C29H48N4O5/c1-20-18-33(21(2)19-34)28(35)25-16-24(32-29(36)31-23-11-6-5-7-12-23)13-14-26(25)38-22(3)10-8-9-15-37-27(20)17-30-4/h13-14,16,20-23,27,30,34H,5-12,15,17-19H2,1-4H3,(H2,31,32,36)/t20-,21-,22-,27+/m1/s1. The van der Waals surface area contributed by atoms with Gasteiger partial charge in [-0.1, -0.05) is 26.2 Å². The minimum Gasteiger partial charge on any atom is -0.490 e. The number of rotatable bonds is 6. The minimum atomic E-state index is -0.399. The molecule has 2 aliphatic rings. The van der Waals surface area contributed by atoms with Gasteiger partial charge in [0.25, 0.3) is 5.91 Å². The average Bonchev–Trinajstić information content (AvgIpc) is 2.90. The van der Waals surface area contributed by atoms with Gasteiger partial charge in [-0.05, 0) is 71.2 Å². The molecule has 1 fully saturated rings. The van der Waals surface area contributed by atoms with Crippen LogP contribution >= 0.6 is 0 Å². The number of nitrogens with zero attached hydrogens (tertiary/aromatic N) is 1. The first-order valence-corrected chi connectivity index (χ1v) is 14.4. The fourth-order valence-electron chi connectivity index (χ4n) is 5.29. The Morgan fingerprint density at radius 3 is 2.58 bits per heavy atom. The van der Waals surface area contributed by atoms with Gasteiger partial charge < -0.3 is 35.4 Å². The van der Waals surface area contributed by atoms with Crippen LogP contribution in [0.3, 0.4) is 0 Å². The Balaban J connectivity index is 1.89. The summed E-state index contributed by atoms with van der Waals surface area (Å²) in [5.41, 5.74) is 0.909. The summed E-state index contributed by atoms with van der Waals surface area (Å²) < 4.78 is 12.5. The molecule has 1 saturated carbocycles. The molecule has 0 aromatic heterocycles. The fourth-order valence-corrected chi connectivity index (χ4v) is 5.29. The van der Waals surface area contributed by atoms with Crippen molar-refractivity contribution >= 4 is 17.6 Å². The van der Waals surface area contributed by atoms with Gasteiger partial charge in [0.2, 0.25) is 0 Å². The topological polar surface area (TPSA) is 112 Å². The van der Waals surface area contributed by atoms with E-state index in [4.69, 9.17) is 9.47 Å². The first-order valence-electron chi connectivity index (χ1n) is 14.4. The smallest absolute Gasteiger partial charge is 0.319 e. The van der Waals surface area contributed by atoms with E-state index in [1.54, 1.807) is 23.1 Å². The third-order valence-electron chi connectivity index (χ3n) is 7.66. The Kier molecular flexibility index (Phi) is 12.1. The van der Waals surface area contributed by atoms with Gasteiger partial charge in [-0.2, -0.15) is 0 Å². The van der Waals surface area contributed by atoms with Crippen molar-refractivity contribution in [3.05, 3.63) is 23.8 Å². The number of aliphatic hydroxyl groups excluding tert-OH is 1. The number of likely N-dealkylation sites (N-methyl/N-ethyl adjacent to an activating group) is 1. The lowest BCUT2D eigenvalue weighted by molar-refractivity contribution is -0.000451. The second-order valence-corrected chi connectivity index (χ2v) is 11.0. The van der Waals surface area contributed by atoms with Gasteiger partial charge in [0, 0.05) is 37.3 Å². The highest BCUT2D eigenvalue weighted by Gasteiger charge is 2.30. The van der Waals surface area contributed by atoms with Gasteiger partial charge in [-0.3, -0.25) is 4.79 Å². The largest absolute Gasteiger partial charge is 0.490 e. The van der Waals surface area contributed by atoms with Crippen LogP contribution < -0.4 is 20.7 Å². The number of amides is 3. The first-order chi connectivity index (χ1) is 18.3. The van der Waals surface area contributed by atoms with Crippen LogP contribution in [-0.4, -0.2) is 79.6 Å². The molecule has 4 N–H and O–H groups in total. The van der Waals surface area contributed by atoms with Crippen molar-refractivity contribution in [3.8, 4) is 5.75 Å². The summed E-state index contributed by atoms with van der Waals surface area (Å²) >= 11 is 0. The van der Waals surface area contributed by atoms with Crippen LogP contribution in [0.15, 0.2) is 18.2 Å². The van der Waals surface area contributed by atoms with Crippen molar-refractivity contribution < 1.29 is 24.2 Å². The van der Waals surface area contributed by atoms with E-state index in [9.17, 15) is 14.7 Å². The van der Waals surface area contributed by atoms with Crippen LogP contribution in [0.1, 0.15) is 82.5 Å². The van der Waals surface area contributed by atoms with Crippen LogP contribution in [0.4, 0.5) is 10.5 Å². The highest BCUT2D eigenvalue weighted by atomic mass is 16.5. The molecule has 38 heavy (non-hydrogen) atoms. The van der Waals surface area contributed by atoms with Crippen molar-refractivity contribution in [3.63, 3.8) is 0 Å². The lowest BCUT2D eigenvalue weighted by Gasteiger charge is -2.34. The second kappa shape index (κ2) is 15.3. The van der Waals surface area contributed by atoms with Crippen molar-refractivity contribution in [2.75, 3.05) is 38.7 Å². The van der Waals surface area contributed by atoms with E-state index in [0.29, 0.717) is 36.7 Å². The van der Waals surface area contributed by atoms with Gasteiger partial charge >= 0.3 is 6.03 Å². The lowest BCUT2D eigenvalue weighted by Crippen LogP contribution is -2.47. The molecule has 1 heterocycles. The highest BCUT2D eigenvalue weighted by Crippen LogP contribution is 2.28. The summed E-state index contributed by atoms with van der Waals surface area (Å²) in [6, 6.07) is 4.76. The molecule has 0 bridgehead atoms. The van der Waals surface area contributed by atoms with Crippen molar-refractivity contribution in [1.29, 1.82) is 0 Å². The van der Waals surface area contributed by atoms with E-state index in [0.717, 1.165) is 44.9 Å². The molecule has 9 nitrogen and oxygen atoms in total. The molecule has 9 heteroatoms. The number of carbonyl (C=O) groups excluding carboxylic acids is 2. The van der Waals surface area contributed by atoms with Crippen LogP contribution in [0.2, 0.25) is 0 Å². The molecule has 3 amide bonds. The summed E-state index contributed by atoms with van der Waals surface area (Å²) in [6.45, 7) is 7.51. The van der Waals surface area contributed by atoms with Gasteiger partial charge in [-0.25, -0.2) is 4.79 Å². The third-order valence-corrected chi connectivity index (χ3v) is 7.66. The normalized spacial score (nSPS) is 25.0. The van der Waals surface area contributed by atoms with Crippen LogP contribution in [0, 0.1) is 5.92 Å². The fraction of sp³-hybridized carbons (Fsp3) is 0.724. The van der Waals surface area contributed by atoms with Gasteiger partial charge in [0.15, 0.2) is 0 Å². The Morgan fingerprint density at radius 2 is 1.87 bits per heavy atom. The van der Waals surface area contributed by atoms with Crippen molar-refractivity contribution in [1.82, 2.24) is 15.5 Å². The Bertz CT molecular complexity index is 892. The SMILES string of the molecule is CNC[C@@H]1OCCCC[C@@H](C)Oc2ccc(NC(=O)NC3CCCCC3)cc2C(=O)N([C@H](C)CO)C[C@H]1C. The Morgan fingerprint density at radius 1 is 1.13 bits per heavy atom. The average molecular weight is 533 g/mol. The van der Waals surface area contributed by atoms with Gasteiger partial charge in [0.1, 0.15) is 5.75 Å². The molecule has 0 unspecified atom stereocenters. The van der Waals surface area contributed by atoms with Crippen molar-refractivity contribution in [2.45, 2.75) is 96.4 Å². The maximum absolute atomic E-state index is 14.0. The first kappa shape index (κ1) is 30.2. The zero-order chi connectivity index (χ0) is 27.5. The number of aliphatic hydroxyl groups is 1. The molecule has 1 aliphatic carbocycles. The molecule has 1 aromatic rings. The molecule has 4 atom stereocenters. The lowest BCUT2D eigenvalue weighted by atomic mass is 9.96. The minimum absolute atomic E-state index is 0.0363. The predicted molar refractivity (Wildman–Crippen MR) is 150 cm³/mol. The van der Waals surface area contributed by atoms with Gasteiger partial charge in [-0.15, -0.1) is 0 Å². The van der Waals surface area contributed by atoms with E-state index >= 15 is 0 Å². The number of anilines is 1. The molecular formula is C29H48N4O5. The summed E-state index contributed by atoms with van der Waals surface area (Å²) in [4.78, 5) is 28.4.